The van der Waals surface area contributed by atoms with Gasteiger partial charge in [0.1, 0.15) is 0 Å². The number of hydrogen-bond acceptors (Lipinski definition) is 4. The van der Waals surface area contributed by atoms with Crippen molar-refractivity contribution in [3.63, 3.8) is 0 Å². The average Bonchev–Trinajstić information content (AvgIpc) is 2.93. The van der Waals surface area contributed by atoms with Crippen LogP contribution in [-0.2, 0) is 19.2 Å². The Bertz CT molecular complexity index is 630. The zero-order valence-corrected chi connectivity index (χ0v) is 11.6. The molecule has 21 heavy (non-hydrogen) atoms. The van der Waals surface area contributed by atoms with E-state index in [-0.39, 0.29) is 13.5 Å². The standard InChI is InChI=1S/C14H8N2O4.H2S/c17-11-4-5-12(18)15(11)9-2-1-3-10(8-9)16-13(19)6-7-14(16)20;/h1-8H;1H2. The van der Waals surface area contributed by atoms with Gasteiger partial charge in [-0.2, -0.15) is 13.5 Å². The van der Waals surface area contributed by atoms with E-state index in [4.69, 9.17) is 0 Å². The summed E-state index contributed by atoms with van der Waals surface area (Å²) in [6.07, 6.45) is 4.68. The first-order chi connectivity index (χ1) is 9.58. The quantitative estimate of drug-likeness (QED) is 0.752. The molecule has 0 radical (unpaired) electrons. The topological polar surface area (TPSA) is 74.8 Å². The fraction of sp³-hybridized carbons (Fsp3) is 0. The maximum atomic E-state index is 11.6. The van der Waals surface area contributed by atoms with Crippen LogP contribution in [0.4, 0.5) is 11.4 Å². The largest absolute Gasteiger partial charge is 0.269 e. The molecule has 0 spiro atoms. The Morgan fingerprint density at radius 1 is 0.619 bits per heavy atom. The first-order valence-electron chi connectivity index (χ1n) is 5.80. The summed E-state index contributed by atoms with van der Waals surface area (Å²) in [7, 11) is 0. The number of benzene rings is 1. The lowest BCUT2D eigenvalue weighted by atomic mass is 10.2. The SMILES string of the molecule is O=C1C=CC(=O)N1c1cccc(N2C(=O)C=CC2=O)c1.S. The predicted octanol–water partition coefficient (Wildman–Crippen LogP) is 0.658. The van der Waals surface area contributed by atoms with Crippen molar-refractivity contribution in [3.05, 3.63) is 48.6 Å². The first-order valence-corrected chi connectivity index (χ1v) is 5.80. The highest BCUT2D eigenvalue weighted by Gasteiger charge is 2.28. The zero-order chi connectivity index (χ0) is 14.3. The third-order valence-corrected chi connectivity index (χ3v) is 2.96. The Balaban J connectivity index is 0.00000161. The van der Waals surface area contributed by atoms with Crippen molar-refractivity contribution in [1.82, 2.24) is 0 Å². The molecule has 2 aliphatic rings. The molecule has 0 aromatic heterocycles. The molecule has 0 saturated carbocycles. The third kappa shape index (κ3) is 2.38. The molecule has 0 bridgehead atoms. The van der Waals surface area contributed by atoms with Crippen molar-refractivity contribution in [1.29, 1.82) is 0 Å². The second-order valence-electron chi connectivity index (χ2n) is 4.21. The highest BCUT2D eigenvalue weighted by Crippen LogP contribution is 2.26. The number of carbonyl (C=O) groups is 4. The molecule has 0 fully saturated rings. The monoisotopic (exact) mass is 302 g/mol. The van der Waals surface area contributed by atoms with Crippen LogP contribution in [-0.4, -0.2) is 23.6 Å². The first kappa shape index (κ1) is 14.7. The number of rotatable bonds is 2. The number of anilines is 2. The Labute approximate surface area is 126 Å². The molecule has 0 atom stereocenters. The van der Waals surface area contributed by atoms with Crippen molar-refractivity contribution in [2.24, 2.45) is 0 Å². The van der Waals surface area contributed by atoms with Gasteiger partial charge in [0.05, 0.1) is 11.4 Å². The van der Waals surface area contributed by atoms with E-state index in [1.165, 1.54) is 30.4 Å². The molecule has 106 valence electrons. The van der Waals surface area contributed by atoms with Crippen LogP contribution in [0.1, 0.15) is 0 Å². The minimum atomic E-state index is -0.454. The van der Waals surface area contributed by atoms with Gasteiger partial charge in [0, 0.05) is 24.3 Å². The molecule has 1 aromatic carbocycles. The van der Waals surface area contributed by atoms with Gasteiger partial charge in [-0.3, -0.25) is 19.2 Å². The van der Waals surface area contributed by atoms with E-state index in [0.29, 0.717) is 11.4 Å². The van der Waals surface area contributed by atoms with E-state index < -0.39 is 23.6 Å². The lowest BCUT2D eigenvalue weighted by Crippen LogP contribution is -2.31. The van der Waals surface area contributed by atoms with E-state index in [0.717, 1.165) is 9.80 Å². The molecule has 6 nitrogen and oxygen atoms in total. The predicted molar refractivity (Wildman–Crippen MR) is 80.1 cm³/mol. The molecule has 7 heteroatoms. The summed E-state index contributed by atoms with van der Waals surface area (Å²) in [5.41, 5.74) is 0.630. The van der Waals surface area contributed by atoms with Gasteiger partial charge in [-0.05, 0) is 18.2 Å². The van der Waals surface area contributed by atoms with Crippen LogP contribution < -0.4 is 9.80 Å². The number of hydrogen-bond donors (Lipinski definition) is 0. The maximum Gasteiger partial charge on any atom is 0.258 e. The maximum absolute atomic E-state index is 11.6. The lowest BCUT2D eigenvalue weighted by molar-refractivity contribution is -0.121. The van der Waals surface area contributed by atoms with Gasteiger partial charge in [-0.15, -0.1) is 0 Å². The molecule has 2 heterocycles. The van der Waals surface area contributed by atoms with Gasteiger partial charge < -0.3 is 0 Å². The van der Waals surface area contributed by atoms with Crippen molar-refractivity contribution in [2.45, 2.75) is 0 Å². The Morgan fingerprint density at radius 2 is 0.952 bits per heavy atom. The molecule has 0 saturated heterocycles. The van der Waals surface area contributed by atoms with Crippen LogP contribution >= 0.6 is 13.5 Å². The normalized spacial score (nSPS) is 17.0. The number of imide groups is 2. The molecule has 2 aliphatic heterocycles. The summed E-state index contributed by atoms with van der Waals surface area (Å²) in [4.78, 5) is 48.4. The lowest BCUT2D eigenvalue weighted by Gasteiger charge is -2.18. The average molecular weight is 302 g/mol. The summed E-state index contributed by atoms with van der Waals surface area (Å²) in [5.74, 6) is -1.82. The van der Waals surface area contributed by atoms with Gasteiger partial charge in [-0.1, -0.05) is 6.07 Å². The molecule has 0 unspecified atom stereocenters. The molecule has 0 aliphatic carbocycles. The molecule has 1 aromatic rings. The number of nitrogens with zero attached hydrogens (tertiary/aromatic N) is 2. The number of amides is 4. The van der Waals surface area contributed by atoms with Crippen LogP contribution in [0.25, 0.3) is 0 Å². The van der Waals surface area contributed by atoms with Crippen LogP contribution in [0.2, 0.25) is 0 Å². The van der Waals surface area contributed by atoms with Crippen LogP contribution in [0.15, 0.2) is 48.6 Å². The highest BCUT2D eigenvalue weighted by atomic mass is 32.1. The van der Waals surface area contributed by atoms with Crippen molar-refractivity contribution < 1.29 is 19.2 Å². The van der Waals surface area contributed by atoms with Crippen LogP contribution in [0.3, 0.4) is 0 Å². The van der Waals surface area contributed by atoms with E-state index in [2.05, 4.69) is 0 Å². The minimum Gasteiger partial charge on any atom is -0.269 e. The van der Waals surface area contributed by atoms with Crippen molar-refractivity contribution >= 4 is 48.5 Å². The summed E-state index contributed by atoms with van der Waals surface area (Å²) in [6, 6.07) is 6.14. The van der Waals surface area contributed by atoms with Gasteiger partial charge >= 0.3 is 0 Å². The summed E-state index contributed by atoms with van der Waals surface area (Å²) >= 11 is 0. The molecule has 4 amide bonds. The Kier molecular flexibility index (Phi) is 3.77. The number of carbonyl (C=O) groups excluding carboxylic acids is 4. The second kappa shape index (κ2) is 5.37. The summed E-state index contributed by atoms with van der Waals surface area (Å²) < 4.78 is 0. The summed E-state index contributed by atoms with van der Waals surface area (Å²) in [6.45, 7) is 0. The van der Waals surface area contributed by atoms with Gasteiger partial charge in [0.25, 0.3) is 23.6 Å². The fourth-order valence-electron chi connectivity index (χ4n) is 2.08. The van der Waals surface area contributed by atoms with Crippen LogP contribution in [0, 0.1) is 0 Å². The van der Waals surface area contributed by atoms with E-state index in [1.54, 1.807) is 18.2 Å². The van der Waals surface area contributed by atoms with E-state index in [1.807, 2.05) is 0 Å². The highest BCUT2D eigenvalue weighted by molar-refractivity contribution is 7.59. The minimum absolute atomic E-state index is 0. The van der Waals surface area contributed by atoms with Gasteiger partial charge in [0.15, 0.2) is 0 Å². The fourth-order valence-corrected chi connectivity index (χ4v) is 2.08. The van der Waals surface area contributed by atoms with Gasteiger partial charge in [0.2, 0.25) is 0 Å². The zero-order valence-electron chi connectivity index (χ0n) is 10.6. The van der Waals surface area contributed by atoms with Crippen LogP contribution in [0.5, 0.6) is 0 Å². The molecule has 3 rings (SSSR count). The van der Waals surface area contributed by atoms with Crippen molar-refractivity contribution in [3.8, 4) is 0 Å². The summed E-state index contributed by atoms with van der Waals surface area (Å²) in [5, 5.41) is 0. The van der Waals surface area contributed by atoms with Crippen molar-refractivity contribution in [2.75, 3.05) is 9.80 Å². The van der Waals surface area contributed by atoms with E-state index in [9.17, 15) is 19.2 Å². The molecular weight excluding hydrogens is 292 g/mol. The van der Waals surface area contributed by atoms with E-state index >= 15 is 0 Å². The third-order valence-electron chi connectivity index (χ3n) is 2.96. The second-order valence-corrected chi connectivity index (χ2v) is 4.21. The Hall–Kier alpha value is -2.67. The molecule has 0 N–H and O–H groups in total. The van der Waals surface area contributed by atoms with Gasteiger partial charge in [-0.25, -0.2) is 9.80 Å². The molecular formula is C14H10N2O4S. The Morgan fingerprint density at radius 3 is 1.29 bits per heavy atom. The smallest absolute Gasteiger partial charge is 0.258 e.